The molecule has 0 radical (unpaired) electrons. The highest BCUT2D eigenvalue weighted by Crippen LogP contribution is 2.24. The largest absolute Gasteiger partial charge is 0.512 e. The molecule has 0 saturated heterocycles. The molecule has 0 unspecified atom stereocenters. The van der Waals surface area contributed by atoms with Gasteiger partial charge in [0.1, 0.15) is 0 Å². The highest BCUT2D eigenvalue weighted by Gasteiger charge is 2.22. The van der Waals surface area contributed by atoms with E-state index in [1.165, 1.54) is 18.1 Å². The Bertz CT molecular complexity index is 536. The van der Waals surface area contributed by atoms with Crippen LogP contribution in [-0.4, -0.2) is 30.6 Å². The smallest absolute Gasteiger partial charge is 0.339 e. The lowest BCUT2D eigenvalue weighted by Gasteiger charge is -2.21. The van der Waals surface area contributed by atoms with Crippen LogP contribution in [0.15, 0.2) is 36.1 Å². The maximum absolute atomic E-state index is 12.0. The molecule has 1 amide bonds. The van der Waals surface area contributed by atoms with E-state index in [0.29, 0.717) is 30.6 Å². The molecule has 100 valence electrons. The third kappa shape index (κ3) is 2.76. The first kappa shape index (κ1) is 13.1. The third-order valence-electron chi connectivity index (χ3n) is 2.97. The van der Waals surface area contributed by atoms with Crippen LogP contribution in [0, 0.1) is 0 Å². The Morgan fingerprint density at radius 2 is 2.11 bits per heavy atom. The van der Waals surface area contributed by atoms with Gasteiger partial charge in [-0.2, -0.15) is 0 Å². The molecular formula is C14H15NO4. The number of nitrogens with zero attached hydrogens (tertiary/aromatic N) is 1. The van der Waals surface area contributed by atoms with Crippen LogP contribution < -0.4 is 4.90 Å². The van der Waals surface area contributed by atoms with Crippen LogP contribution in [0.2, 0.25) is 0 Å². The van der Waals surface area contributed by atoms with E-state index in [-0.39, 0.29) is 11.7 Å². The molecule has 5 heteroatoms. The standard InChI is InChI=1S/C14H15NO4/c1-19-14(18)11-6-2-3-7-12(11)15-8-4-5-10(16)9-13(15)17/h2-3,6-7,9,16H,4-5,8H2,1H3. The highest BCUT2D eigenvalue weighted by atomic mass is 16.5. The normalized spacial score (nSPS) is 15.7. The Labute approximate surface area is 111 Å². The second-order valence-electron chi connectivity index (χ2n) is 4.24. The van der Waals surface area contributed by atoms with E-state index in [1.807, 2.05) is 0 Å². The zero-order chi connectivity index (χ0) is 13.8. The lowest BCUT2D eigenvalue weighted by Crippen LogP contribution is -2.30. The Balaban J connectivity index is 2.41. The summed E-state index contributed by atoms with van der Waals surface area (Å²) in [7, 11) is 1.30. The van der Waals surface area contributed by atoms with Gasteiger partial charge in [0, 0.05) is 19.0 Å². The first-order valence-electron chi connectivity index (χ1n) is 6.02. The van der Waals surface area contributed by atoms with E-state index in [2.05, 4.69) is 0 Å². The Morgan fingerprint density at radius 1 is 1.37 bits per heavy atom. The minimum Gasteiger partial charge on any atom is -0.512 e. The summed E-state index contributed by atoms with van der Waals surface area (Å²) in [4.78, 5) is 25.2. The molecule has 0 aliphatic carbocycles. The second kappa shape index (κ2) is 5.56. The van der Waals surface area contributed by atoms with E-state index in [0.717, 1.165) is 0 Å². The molecule has 5 nitrogen and oxygen atoms in total. The van der Waals surface area contributed by atoms with Gasteiger partial charge in [-0.3, -0.25) is 4.79 Å². The number of aliphatic hydroxyl groups excluding tert-OH is 1. The van der Waals surface area contributed by atoms with Crippen molar-refractivity contribution in [1.82, 2.24) is 0 Å². The highest BCUT2D eigenvalue weighted by molar-refractivity contribution is 6.06. The molecule has 0 fully saturated rings. The van der Waals surface area contributed by atoms with Gasteiger partial charge in [0.05, 0.1) is 24.1 Å². The van der Waals surface area contributed by atoms with Crippen LogP contribution in [0.4, 0.5) is 5.69 Å². The number of carbonyl (C=O) groups excluding carboxylic acids is 2. The fourth-order valence-corrected chi connectivity index (χ4v) is 2.05. The van der Waals surface area contributed by atoms with E-state index in [1.54, 1.807) is 24.3 Å². The number of hydrogen-bond acceptors (Lipinski definition) is 4. The van der Waals surface area contributed by atoms with Crippen molar-refractivity contribution in [1.29, 1.82) is 0 Å². The van der Waals surface area contributed by atoms with Crippen molar-refractivity contribution >= 4 is 17.6 Å². The molecule has 1 aliphatic heterocycles. The predicted molar refractivity (Wildman–Crippen MR) is 70.1 cm³/mol. The van der Waals surface area contributed by atoms with Crippen LogP contribution in [0.5, 0.6) is 0 Å². The number of rotatable bonds is 2. The summed E-state index contributed by atoms with van der Waals surface area (Å²) in [6, 6.07) is 6.78. The molecule has 0 aromatic heterocycles. The van der Waals surface area contributed by atoms with E-state index >= 15 is 0 Å². The number of allylic oxidation sites excluding steroid dienone is 1. The maximum Gasteiger partial charge on any atom is 0.339 e. The predicted octanol–water partition coefficient (Wildman–Crippen LogP) is 2.04. The molecular weight excluding hydrogens is 246 g/mol. The number of ether oxygens (including phenoxy) is 1. The zero-order valence-electron chi connectivity index (χ0n) is 10.6. The molecule has 0 spiro atoms. The van der Waals surface area contributed by atoms with Crippen molar-refractivity contribution in [3.63, 3.8) is 0 Å². The molecule has 1 aliphatic rings. The van der Waals surface area contributed by atoms with Crippen molar-refractivity contribution in [3.8, 4) is 0 Å². The number of hydrogen-bond donors (Lipinski definition) is 1. The van der Waals surface area contributed by atoms with E-state index in [4.69, 9.17) is 4.74 Å². The average molecular weight is 261 g/mol. The van der Waals surface area contributed by atoms with Gasteiger partial charge in [0.25, 0.3) is 5.91 Å². The van der Waals surface area contributed by atoms with Gasteiger partial charge in [0.15, 0.2) is 0 Å². The monoisotopic (exact) mass is 261 g/mol. The van der Waals surface area contributed by atoms with Crippen LogP contribution >= 0.6 is 0 Å². The van der Waals surface area contributed by atoms with Gasteiger partial charge < -0.3 is 14.7 Å². The van der Waals surface area contributed by atoms with E-state index in [9.17, 15) is 14.7 Å². The van der Waals surface area contributed by atoms with Crippen LogP contribution in [0.3, 0.4) is 0 Å². The summed E-state index contributed by atoms with van der Waals surface area (Å²) in [5.41, 5.74) is 0.846. The number of carbonyl (C=O) groups is 2. The fourth-order valence-electron chi connectivity index (χ4n) is 2.05. The maximum atomic E-state index is 12.0. The second-order valence-corrected chi connectivity index (χ2v) is 4.24. The molecule has 1 aromatic carbocycles. The summed E-state index contributed by atoms with van der Waals surface area (Å²) < 4.78 is 4.71. The summed E-state index contributed by atoms with van der Waals surface area (Å²) in [6.07, 6.45) is 2.30. The van der Waals surface area contributed by atoms with Crippen LogP contribution in [0.25, 0.3) is 0 Å². The van der Waals surface area contributed by atoms with Crippen molar-refractivity contribution in [2.45, 2.75) is 12.8 Å². The number of esters is 1. The van der Waals surface area contributed by atoms with Gasteiger partial charge in [-0.1, -0.05) is 12.1 Å². The number of benzene rings is 1. The lowest BCUT2D eigenvalue weighted by molar-refractivity contribution is -0.114. The number of aliphatic hydroxyl groups is 1. The van der Waals surface area contributed by atoms with Gasteiger partial charge in [-0.05, 0) is 18.6 Å². The molecule has 1 aromatic rings. The van der Waals surface area contributed by atoms with Crippen molar-refractivity contribution < 1.29 is 19.4 Å². The van der Waals surface area contributed by atoms with Gasteiger partial charge in [0.2, 0.25) is 0 Å². The number of anilines is 1. The van der Waals surface area contributed by atoms with Crippen molar-refractivity contribution in [2.75, 3.05) is 18.6 Å². The van der Waals surface area contributed by atoms with E-state index < -0.39 is 5.97 Å². The SMILES string of the molecule is COC(=O)c1ccccc1N1CCCC(O)=CC1=O. The number of methoxy groups -OCH3 is 1. The summed E-state index contributed by atoms with van der Waals surface area (Å²) in [6.45, 7) is 0.452. The van der Waals surface area contributed by atoms with Crippen LogP contribution in [-0.2, 0) is 9.53 Å². The molecule has 19 heavy (non-hydrogen) atoms. The van der Waals surface area contributed by atoms with Gasteiger partial charge in [-0.25, -0.2) is 4.79 Å². The summed E-state index contributed by atoms with van der Waals surface area (Å²) in [5.74, 6) is -0.741. The molecule has 2 rings (SSSR count). The van der Waals surface area contributed by atoms with Gasteiger partial charge in [-0.15, -0.1) is 0 Å². The Hall–Kier alpha value is -2.30. The summed E-state index contributed by atoms with van der Waals surface area (Å²) >= 11 is 0. The molecule has 0 saturated carbocycles. The minimum absolute atomic E-state index is 0.0723. The fraction of sp³-hybridized carbons (Fsp3) is 0.286. The summed E-state index contributed by atoms with van der Waals surface area (Å²) in [5, 5.41) is 9.47. The van der Waals surface area contributed by atoms with Gasteiger partial charge >= 0.3 is 5.97 Å². The number of para-hydroxylation sites is 1. The van der Waals surface area contributed by atoms with Crippen molar-refractivity contribution in [3.05, 3.63) is 41.7 Å². The Kier molecular flexibility index (Phi) is 3.85. The average Bonchev–Trinajstić information content (AvgIpc) is 2.58. The lowest BCUT2D eigenvalue weighted by atomic mass is 10.1. The quantitative estimate of drug-likeness (QED) is 0.827. The number of amides is 1. The zero-order valence-corrected chi connectivity index (χ0v) is 10.6. The first-order chi connectivity index (χ1) is 9.13. The van der Waals surface area contributed by atoms with Crippen LogP contribution in [0.1, 0.15) is 23.2 Å². The van der Waals surface area contributed by atoms with Crippen molar-refractivity contribution in [2.24, 2.45) is 0 Å². The minimum atomic E-state index is -0.485. The Morgan fingerprint density at radius 3 is 2.84 bits per heavy atom. The topological polar surface area (TPSA) is 66.8 Å². The third-order valence-corrected chi connectivity index (χ3v) is 2.97. The molecule has 1 N–H and O–H groups in total. The molecule has 0 atom stereocenters. The molecule has 0 bridgehead atoms. The molecule has 1 heterocycles. The first-order valence-corrected chi connectivity index (χ1v) is 6.02.